The number of aromatic amines is 1. The predicted molar refractivity (Wildman–Crippen MR) is 71.5 cm³/mol. The molecule has 2 N–H and O–H groups in total. The first kappa shape index (κ1) is 13.0. The van der Waals surface area contributed by atoms with Crippen LogP contribution in [0.25, 0.3) is 11.3 Å². The standard InChI is InChI=1S/C14H14N2O3/c1-7-4-5-10(9(3)8(7)2)12-11(13(17)18)6-15-14(19)16-12/h4-6H,1-3H3,(H,17,18)(H,15,16,19). The van der Waals surface area contributed by atoms with E-state index in [4.69, 9.17) is 0 Å². The second-order valence-corrected chi connectivity index (χ2v) is 4.46. The Morgan fingerprint density at radius 3 is 2.53 bits per heavy atom. The predicted octanol–water partition coefficient (Wildman–Crippen LogP) is 2.06. The minimum Gasteiger partial charge on any atom is -0.478 e. The quantitative estimate of drug-likeness (QED) is 0.863. The largest absolute Gasteiger partial charge is 0.478 e. The van der Waals surface area contributed by atoms with Gasteiger partial charge in [0.2, 0.25) is 0 Å². The van der Waals surface area contributed by atoms with Gasteiger partial charge in [0.1, 0.15) is 5.56 Å². The van der Waals surface area contributed by atoms with E-state index in [1.165, 1.54) is 0 Å². The highest BCUT2D eigenvalue weighted by Gasteiger charge is 2.16. The number of aromatic carboxylic acids is 1. The molecule has 0 spiro atoms. The minimum atomic E-state index is -1.11. The molecule has 0 aliphatic rings. The van der Waals surface area contributed by atoms with Crippen molar-refractivity contribution >= 4 is 5.97 Å². The maximum absolute atomic E-state index is 11.3. The van der Waals surface area contributed by atoms with E-state index in [9.17, 15) is 14.7 Å². The molecule has 0 amide bonds. The first-order valence-corrected chi connectivity index (χ1v) is 5.81. The molecular formula is C14H14N2O3. The van der Waals surface area contributed by atoms with Crippen LogP contribution in [0, 0.1) is 20.8 Å². The molecule has 98 valence electrons. The first-order chi connectivity index (χ1) is 8.91. The van der Waals surface area contributed by atoms with Crippen LogP contribution in [0.2, 0.25) is 0 Å². The summed E-state index contributed by atoms with van der Waals surface area (Å²) in [5, 5.41) is 9.17. The summed E-state index contributed by atoms with van der Waals surface area (Å²) in [6, 6.07) is 3.72. The summed E-state index contributed by atoms with van der Waals surface area (Å²) in [6.45, 7) is 5.86. The van der Waals surface area contributed by atoms with Gasteiger partial charge in [-0.05, 0) is 37.5 Å². The van der Waals surface area contributed by atoms with E-state index in [0.717, 1.165) is 22.9 Å². The second-order valence-electron chi connectivity index (χ2n) is 4.46. The highest BCUT2D eigenvalue weighted by atomic mass is 16.4. The zero-order chi connectivity index (χ0) is 14.2. The summed E-state index contributed by atoms with van der Waals surface area (Å²) in [4.78, 5) is 28.5. The zero-order valence-electron chi connectivity index (χ0n) is 10.9. The van der Waals surface area contributed by atoms with Crippen molar-refractivity contribution in [1.82, 2.24) is 9.97 Å². The number of rotatable bonds is 2. The molecule has 5 heteroatoms. The van der Waals surface area contributed by atoms with Crippen molar-refractivity contribution < 1.29 is 9.90 Å². The Bertz CT molecular complexity index is 717. The lowest BCUT2D eigenvalue weighted by Gasteiger charge is -2.12. The van der Waals surface area contributed by atoms with Crippen LogP contribution in [0.1, 0.15) is 27.0 Å². The lowest BCUT2D eigenvalue weighted by molar-refractivity contribution is 0.0697. The Labute approximate surface area is 110 Å². The summed E-state index contributed by atoms with van der Waals surface area (Å²) in [7, 11) is 0. The Morgan fingerprint density at radius 1 is 1.21 bits per heavy atom. The van der Waals surface area contributed by atoms with Gasteiger partial charge in [0.05, 0.1) is 5.69 Å². The highest BCUT2D eigenvalue weighted by Crippen LogP contribution is 2.27. The van der Waals surface area contributed by atoms with Crippen LogP contribution in [0.5, 0.6) is 0 Å². The van der Waals surface area contributed by atoms with Crippen LogP contribution in [0.4, 0.5) is 0 Å². The van der Waals surface area contributed by atoms with Gasteiger partial charge in [-0.1, -0.05) is 12.1 Å². The normalized spacial score (nSPS) is 10.5. The van der Waals surface area contributed by atoms with E-state index < -0.39 is 11.7 Å². The fraction of sp³-hybridized carbons (Fsp3) is 0.214. The molecule has 0 fully saturated rings. The van der Waals surface area contributed by atoms with Gasteiger partial charge in [0, 0.05) is 11.8 Å². The molecule has 0 radical (unpaired) electrons. The van der Waals surface area contributed by atoms with Crippen molar-refractivity contribution in [3.63, 3.8) is 0 Å². The Kier molecular flexibility index (Phi) is 3.21. The number of hydrogen-bond donors (Lipinski definition) is 2. The summed E-state index contributed by atoms with van der Waals surface area (Å²) in [5.41, 5.74) is 3.59. The van der Waals surface area contributed by atoms with Gasteiger partial charge >= 0.3 is 11.7 Å². The molecule has 1 heterocycles. The summed E-state index contributed by atoms with van der Waals surface area (Å²) in [5.74, 6) is -1.11. The fourth-order valence-electron chi connectivity index (χ4n) is 2.00. The van der Waals surface area contributed by atoms with Gasteiger partial charge in [-0.15, -0.1) is 0 Å². The monoisotopic (exact) mass is 258 g/mol. The van der Waals surface area contributed by atoms with E-state index in [2.05, 4.69) is 9.97 Å². The molecule has 0 bridgehead atoms. The first-order valence-electron chi connectivity index (χ1n) is 5.81. The second kappa shape index (κ2) is 4.68. The molecule has 0 saturated heterocycles. The van der Waals surface area contributed by atoms with Crippen LogP contribution in [0.15, 0.2) is 23.1 Å². The average molecular weight is 258 g/mol. The Morgan fingerprint density at radius 2 is 1.89 bits per heavy atom. The average Bonchev–Trinajstić information content (AvgIpc) is 2.35. The number of hydrogen-bond acceptors (Lipinski definition) is 3. The molecule has 0 aliphatic heterocycles. The fourth-order valence-corrected chi connectivity index (χ4v) is 2.00. The molecule has 2 aromatic rings. The third kappa shape index (κ3) is 2.27. The summed E-state index contributed by atoms with van der Waals surface area (Å²) in [6.07, 6.45) is 1.09. The molecule has 0 aliphatic carbocycles. The van der Waals surface area contributed by atoms with Crippen LogP contribution < -0.4 is 5.69 Å². The van der Waals surface area contributed by atoms with E-state index >= 15 is 0 Å². The molecule has 2 rings (SSSR count). The number of benzene rings is 1. The molecule has 0 atom stereocenters. The molecule has 19 heavy (non-hydrogen) atoms. The molecule has 1 aromatic carbocycles. The highest BCUT2D eigenvalue weighted by molar-refractivity contribution is 5.94. The number of nitrogens with zero attached hydrogens (tertiary/aromatic N) is 1. The maximum Gasteiger partial charge on any atom is 0.345 e. The number of carboxylic acids is 1. The van der Waals surface area contributed by atoms with Gasteiger partial charge in [-0.25, -0.2) is 14.6 Å². The number of nitrogens with one attached hydrogen (secondary N) is 1. The molecule has 0 saturated carbocycles. The lowest BCUT2D eigenvalue weighted by atomic mass is 9.95. The zero-order valence-corrected chi connectivity index (χ0v) is 10.9. The van der Waals surface area contributed by atoms with E-state index in [1.54, 1.807) is 0 Å². The topological polar surface area (TPSA) is 83.0 Å². The number of aryl methyl sites for hydroxylation is 1. The van der Waals surface area contributed by atoms with Crippen molar-refractivity contribution in [2.75, 3.05) is 0 Å². The summed E-state index contributed by atoms with van der Waals surface area (Å²) >= 11 is 0. The number of H-pyrrole nitrogens is 1. The molecule has 0 unspecified atom stereocenters. The molecule has 5 nitrogen and oxygen atoms in total. The van der Waals surface area contributed by atoms with E-state index in [-0.39, 0.29) is 5.56 Å². The molecule has 1 aromatic heterocycles. The van der Waals surface area contributed by atoms with Crippen LogP contribution in [0.3, 0.4) is 0 Å². The van der Waals surface area contributed by atoms with Crippen molar-refractivity contribution in [2.45, 2.75) is 20.8 Å². The Hall–Kier alpha value is -2.43. The van der Waals surface area contributed by atoms with Crippen LogP contribution >= 0.6 is 0 Å². The third-order valence-corrected chi connectivity index (χ3v) is 3.37. The van der Waals surface area contributed by atoms with Crippen molar-refractivity contribution in [3.05, 3.63) is 51.1 Å². The van der Waals surface area contributed by atoms with Gasteiger partial charge in [-0.3, -0.25) is 0 Å². The van der Waals surface area contributed by atoms with Gasteiger partial charge in [0.15, 0.2) is 0 Å². The molecular weight excluding hydrogens is 244 g/mol. The van der Waals surface area contributed by atoms with Crippen LogP contribution in [-0.2, 0) is 0 Å². The number of aromatic nitrogens is 2. The van der Waals surface area contributed by atoms with E-state index in [0.29, 0.717) is 11.3 Å². The lowest BCUT2D eigenvalue weighted by Crippen LogP contribution is -2.15. The third-order valence-electron chi connectivity index (χ3n) is 3.37. The number of carbonyl (C=O) groups is 1. The van der Waals surface area contributed by atoms with Gasteiger partial charge in [0.25, 0.3) is 0 Å². The van der Waals surface area contributed by atoms with E-state index in [1.807, 2.05) is 32.9 Å². The summed E-state index contributed by atoms with van der Waals surface area (Å²) < 4.78 is 0. The van der Waals surface area contributed by atoms with Crippen LogP contribution in [-0.4, -0.2) is 21.0 Å². The maximum atomic E-state index is 11.3. The van der Waals surface area contributed by atoms with Crippen molar-refractivity contribution in [2.24, 2.45) is 0 Å². The van der Waals surface area contributed by atoms with Gasteiger partial charge < -0.3 is 10.1 Å². The van der Waals surface area contributed by atoms with Gasteiger partial charge in [-0.2, -0.15) is 0 Å². The smallest absolute Gasteiger partial charge is 0.345 e. The minimum absolute atomic E-state index is 0.00838. The number of carboxylic acid groups (broad SMARTS) is 1. The van der Waals surface area contributed by atoms with Crippen molar-refractivity contribution in [1.29, 1.82) is 0 Å². The SMILES string of the molecule is Cc1ccc(-c2[nH]c(=O)ncc2C(=O)O)c(C)c1C. The Balaban J connectivity index is 2.79. The van der Waals surface area contributed by atoms with Crippen molar-refractivity contribution in [3.8, 4) is 11.3 Å².